The summed E-state index contributed by atoms with van der Waals surface area (Å²) in [6.45, 7) is 7.36. The molecule has 0 amide bonds. The van der Waals surface area contributed by atoms with Gasteiger partial charge in [-0.2, -0.15) is 5.26 Å². The molecule has 2 aromatic carbocycles. The maximum atomic E-state index is 9.37. The summed E-state index contributed by atoms with van der Waals surface area (Å²) in [5, 5.41) is 18.7. The molecule has 1 N–H and O–H groups in total. The Bertz CT molecular complexity index is 745. The van der Waals surface area contributed by atoms with Crippen molar-refractivity contribution in [1.29, 1.82) is 5.26 Å². The minimum Gasteiger partial charge on any atom is -0.508 e. The molecule has 0 spiro atoms. The third-order valence-corrected chi connectivity index (χ3v) is 2.98. The van der Waals surface area contributed by atoms with E-state index in [0.29, 0.717) is 16.9 Å². The number of hydrogen-bond donors (Lipinski definition) is 1. The first-order valence-corrected chi connectivity index (χ1v) is 6.15. The number of ether oxygens (including phenoxy) is 1. The Kier molecular flexibility index (Phi) is 4.23. The van der Waals surface area contributed by atoms with Crippen molar-refractivity contribution in [2.75, 3.05) is 7.11 Å². The highest BCUT2D eigenvalue weighted by molar-refractivity contribution is 5.99. The van der Waals surface area contributed by atoms with Gasteiger partial charge >= 0.3 is 0 Å². The van der Waals surface area contributed by atoms with Gasteiger partial charge < -0.3 is 9.84 Å². The smallest absolute Gasteiger partial charge is 0.212 e. The number of phenols is 1. The second kappa shape index (κ2) is 6.27. The monoisotopic (exact) mass is 276 g/mol. The summed E-state index contributed by atoms with van der Waals surface area (Å²) in [5.41, 5.74) is 1.79. The zero-order valence-corrected chi connectivity index (χ0v) is 11.4. The maximum Gasteiger partial charge on any atom is 0.212 e. The topological polar surface area (TPSA) is 57.6 Å². The fraction of sp³-hybridized carbons (Fsp3) is 0.0588. The summed E-state index contributed by atoms with van der Waals surface area (Å²) < 4.78 is 5.08. The summed E-state index contributed by atoms with van der Waals surface area (Å²) in [7, 11) is 1.57. The molecule has 0 aromatic heterocycles. The lowest BCUT2D eigenvalue weighted by molar-refractivity contribution is 0.415. The van der Waals surface area contributed by atoms with Crippen LogP contribution in [0.15, 0.2) is 48.5 Å². The minimum atomic E-state index is 0.116. The van der Waals surface area contributed by atoms with Crippen LogP contribution < -0.4 is 4.74 Å². The number of benzene rings is 2. The van der Waals surface area contributed by atoms with Gasteiger partial charge in [0.1, 0.15) is 11.5 Å². The van der Waals surface area contributed by atoms with E-state index in [0.717, 1.165) is 0 Å². The third-order valence-electron chi connectivity index (χ3n) is 2.98. The first kappa shape index (κ1) is 14.2. The van der Waals surface area contributed by atoms with Crippen LogP contribution in [-0.2, 0) is 0 Å². The predicted octanol–water partition coefficient (Wildman–Crippen LogP) is 3.71. The maximum absolute atomic E-state index is 9.37. The van der Waals surface area contributed by atoms with Crippen LogP contribution in [0, 0.1) is 17.9 Å². The molecule has 0 aliphatic rings. The van der Waals surface area contributed by atoms with Crippen molar-refractivity contribution in [3.8, 4) is 17.6 Å². The molecular formula is C17H12N2O2. The Balaban J connectivity index is 2.56. The highest BCUT2D eigenvalue weighted by Crippen LogP contribution is 2.29. The van der Waals surface area contributed by atoms with Gasteiger partial charge in [0.05, 0.1) is 25.3 Å². The van der Waals surface area contributed by atoms with Crippen LogP contribution >= 0.6 is 0 Å². The third kappa shape index (κ3) is 3.02. The Morgan fingerprint density at radius 1 is 1.10 bits per heavy atom. The molecule has 0 atom stereocenters. The molecule has 2 rings (SSSR count). The molecule has 21 heavy (non-hydrogen) atoms. The number of hydrogen-bond acceptors (Lipinski definition) is 3. The van der Waals surface area contributed by atoms with Gasteiger partial charge in [-0.1, -0.05) is 24.3 Å². The van der Waals surface area contributed by atoms with Crippen LogP contribution in [0.2, 0.25) is 0 Å². The Morgan fingerprint density at radius 2 is 1.67 bits per heavy atom. The van der Waals surface area contributed by atoms with Gasteiger partial charge in [-0.15, -0.1) is 0 Å². The van der Waals surface area contributed by atoms with E-state index in [-0.39, 0.29) is 17.0 Å². The fourth-order valence-electron chi connectivity index (χ4n) is 1.90. The van der Waals surface area contributed by atoms with E-state index in [1.165, 1.54) is 12.1 Å². The van der Waals surface area contributed by atoms with Crippen LogP contribution in [-0.4, -0.2) is 12.2 Å². The largest absolute Gasteiger partial charge is 0.508 e. The first-order valence-electron chi connectivity index (χ1n) is 6.15. The van der Waals surface area contributed by atoms with E-state index in [1.54, 1.807) is 43.5 Å². The van der Waals surface area contributed by atoms with E-state index in [1.807, 2.05) is 0 Å². The van der Waals surface area contributed by atoms with E-state index < -0.39 is 0 Å². The lowest BCUT2D eigenvalue weighted by Gasteiger charge is -2.06. The Hall–Kier alpha value is -3.24. The number of aromatic hydroxyl groups is 1. The number of allylic oxidation sites excluding steroid dienone is 1. The molecule has 0 bridgehead atoms. The van der Waals surface area contributed by atoms with Crippen molar-refractivity contribution in [2.24, 2.45) is 0 Å². The first-order chi connectivity index (χ1) is 10.2. The summed E-state index contributed by atoms with van der Waals surface area (Å²) in [5.74, 6) is 0.802. The number of nitriles is 1. The van der Waals surface area contributed by atoms with E-state index in [2.05, 4.69) is 10.9 Å². The van der Waals surface area contributed by atoms with Gasteiger partial charge in [-0.3, -0.25) is 0 Å². The van der Waals surface area contributed by atoms with Crippen molar-refractivity contribution in [3.05, 3.63) is 71.1 Å². The minimum absolute atomic E-state index is 0.116. The van der Waals surface area contributed by atoms with Crippen molar-refractivity contribution in [2.45, 2.75) is 0 Å². The highest BCUT2D eigenvalue weighted by Gasteiger charge is 2.12. The standard InChI is InChI=1S/C17H12N2O2/c1-19-17(13-5-9-15(21-2)10-6-13)16(11-18)12-3-7-14(20)8-4-12/h3-10,20H,2H3/b17-16-. The SMILES string of the molecule is [C-]#[N+]/C(=C(/C#N)c1ccc(O)cc1)c1ccc(OC)cc1. The lowest BCUT2D eigenvalue weighted by Crippen LogP contribution is -1.89. The molecule has 102 valence electrons. The lowest BCUT2D eigenvalue weighted by atomic mass is 10.0. The average Bonchev–Trinajstić information content (AvgIpc) is 2.54. The normalized spacial score (nSPS) is 11.0. The van der Waals surface area contributed by atoms with Crippen molar-refractivity contribution in [3.63, 3.8) is 0 Å². The summed E-state index contributed by atoms with van der Waals surface area (Å²) in [6.07, 6.45) is 0. The zero-order valence-electron chi connectivity index (χ0n) is 11.4. The molecule has 0 unspecified atom stereocenters. The van der Waals surface area contributed by atoms with Gasteiger partial charge in [0.25, 0.3) is 0 Å². The highest BCUT2D eigenvalue weighted by atomic mass is 16.5. The van der Waals surface area contributed by atoms with E-state index in [4.69, 9.17) is 11.3 Å². The molecule has 0 saturated carbocycles. The molecule has 0 fully saturated rings. The summed E-state index contributed by atoms with van der Waals surface area (Å²) >= 11 is 0. The molecule has 0 aliphatic carbocycles. The van der Waals surface area contributed by atoms with Crippen molar-refractivity contribution < 1.29 is 9.84 Å². The van der Waals surface area contributed by atoms with Gasteiger partial charge in [0.2, 0.25) is 5.70 Å². The molecule has 0 aliphatic heterocycles. The number of rotatable bonds is 3. The number of methoxy groups -OCH3 is 1. The fourth-order valence-corrected chi connectivity index (χ4v) is 1.90. The average molecular weight is 276 g/mol. The van der Waals surface area contributed by atoms with Crippen molar-refractivity contribution >= 4 is 11.3 Å². The van der Waals surface area contributed by atoms with Crippen LogP contribution in [0.25, 0.3) is 16.1 Å². The predicted molar refractivity (Wildman–Crippen MR) is 80.1 cm³/mol. The Labute approximate surface area is 123 Å². The van der Waals surface area contributed by atoms with E-state index >= 15 is 0 Å². The number of phenolic OH excluding ortho intramolecular Hbond substituents is 1. The molecular weight excluding hydrogens is 264 g/mol. The van der Waals surface area contributed by atoms with Crippen LogP contribution in [0.4, 0.5) is 0 Å². The number of nitrogens with zero attached hydrogens (tertiary/aromatic N) is 2. The Morgan fingerprint density at radius 3 is 2.14 bits per heavy atom. The molecule has 0 heterocycles. The van der Waals surface area contributed by atoms with Gasteiger partial charge in [-0.25, -0.2) is 4.85 Å². The molecule has 0 radical (unpaired) electrons. The quantitative estimate of drug-likeness (QED) is 0.528. The second-order valence-electron chi connectivity index (χ2n) is 4.22. The van der Waals surface area contributed by atoms with Crippen LogP contribution in [0.5, 0.6) is 11.5 Å². The van der Waals surface area contributed by atoms with Crippen LogP contribution in [0.3, 0.4) is 0 Å². The van der Waals surface area contributed by atoms with Crippen LogP contribution in [0.1, 0.15) is 11.1 Å². The molecule has 4 nitrogen and oxygen atoms in total. The van der Waals surface area contributed by atoms with E-state index in [9.17, 15) is 10.4 Å². The second-order valence-corrected chi connectivity index (χ2v) is 4.22. The molecule has 2 aromatic rings. The van der Waals surface area contributed by atoms with Gasteiger partial charge in [0, 0.05) is 0 Å². The van der Waals surface area contributed by atoms with Gasteiger partial charge in [-0.05, 0) is 35.4 Å². The summed E-state index contributed by atoms with van der Waals surface area (Å²) in [6, 6.07) is 15.2. The summed E-state index contributed by atoms with van der Waals surface area (Å²) in [4.78, 5) is 3.49. The van der Waals surface area contributed by atoms with Gasteiger partial charge in [0.15, 0.2) is 0 Å². The zero-order chi connectivity index (χ0) is 15.2. The molecule has 0 saturated heterocycles. The molecule has 4 heteroatoms. The van der Waals surface area contributed by atoms with Crippen molar-refractivity contribution in [1.82, 2.24) is 0 Å².